The molecule has 0 fully saturated rings. The Balaban J connectivity index is 1.48. The van der Waals surface area contributed by atoms with Gasteiger partial charge in [-0.3, -0.25) is 4.79 Å². The average Bonchev–Trinajstić information content (AvgIpc) is 3.21. The first-order valence-electron chi connectivity index (χ1n) is 8.86. The summed E-state index contributed by atoms with van der Waals surface area (Å²) in [6.45, 7) is 0.408. The fourth-order valence-corrected chi connectivity index (χ4v) is 3.40. The van der Waals surface area contributed by atoms with E-state index in [9.17, 15) is 13.2 Å². The third-order valence-electron chi connectivity index (χ3n) is 4.29. The molecule has 28 heavy (non-hydrogen) atoms. The Morgan fingerprint density at radius 2 is 1.75 bits per heavy atom. The van der Waals surface area contributed by atoms with Gasteiger partial charge in [0.1, 0.15) is 0 Å². The summed E-state index contributed by atoms with van der Waals surface area (Å²) in [5.74, 6) is -0.0700. The summed E-state index contributed by atoms with van der Waals surface area (Å²) in [6.07, 6.45) is 4.48. The lowest BCUT2D eigenvalue weighted by molar-refractivity contribution is -0.121. The number of amides is 1. The van der Waals surface area contributed by atoms with E-state index >= 15 is 0 Å². The van der Waals surface area contributed by atoms with E-state index < -0.39 is 10.0 Å². The van der Waals surface area contributed by atoms with E-state index in [1.54, 1.807) is 23.0 Å². The van der Waals surface area contributed by atoms with Crippen LogP contribution >= 0.6 is 0 Å². The van der Waals surface area contributed by atoms with Crippen LogP contribution in [0.4, 0.5) is 0 Å². The first-order valence-corrected chi connectivity index (χ1v) is 10.3. The van der Waals surface area contributed by atoms with Crippen molar-refractivity contribution >= 4 is 15.9 Å². The van der Waals surface area contributed by atoms with Gasteiger partial charge in [-0.2, -0.15) is 5.10 Å². The van der Waals surface area contributed by atoms with Crippen molar-refractivity contribution in [3.8, 4) is 5.69 Å². The summed E-state index contributed by atoms with van der Waals surface area (Å²) in [5, 5.41) is 7.18. The zero-order valence-electron chi connectivity index (χ0n) is 15.5. The lowest BCUT2D eigenvalue weighted by atomic mass is 10.1. The molecule has 2 N–H and O–H groups in total. The zero-order chi connectivity index (χ0) is 20.0. The second kappa shape index (κ2) is 8.81. The van der Waals surface area contributed by atoms with E-state index in [1.165, 1.54) is 19.2 Å². The highest BCUT2D eigenvalue weighted by molar-refractivity contribution is 7.89. The van der Waals surface area contributed by atoms with Gasteiger partial charge in [0.2, 0.25) is 15.9 Å². The molecular weight excluding hydrogens is 376 g/mol. The molecule has 3 rings (SSSR count). The smallest absolute Gasteiger partial charge is 0.240 e. The summed E-state index contributed by atoms with van der Waals surface area (Å²) in [4.78, 5) is 12.3. The van der Waals surface area contributed by atoms with Gasteiger partial charge in [0.25, 0.3) is 0 Å². The molecule has 8 heteroatoms. The summed E-state index contributed by atoms with van der Waals surface area (Å²) in [6, 6.07) is 16.3. The van der Waals surface area contributed by atoms with E-state index in [2.05, 4.69) is 15.1 Å². The molecule has 0 aliphatic rings. The second-order valence-electron chi connectivity index (χ2n) is 6.26. The minimum atomic E-state index is -3.44. The topological polar surface area (TPSA) is 93.1 Å². The molecule has 0 spiro atoms. The molecule has 7 nitrogen and oxygen atoms in total. The fraction of sp³-hybridized carbons (Fsp3) is 0.200. The van der Waals surface area contributed by atoms with Crippen molar-refractivity contribution in [2.24, 2.45) is 0 Å². The van der Waals surface area contributed by atoms with Crippen LogP contribution in [0.5, 0.6) is 0 Å². The maximum Gasteiger partial charge on any atom is 0.240 e. The number of nitrogens with zero attached hydrogens (tertiary/aromatic N) is 2. The van der Waals surface area contributed by atoms with Gasteiger partial charge in [0.15, 0.2) is 0 Å². The molecule has 0 atom stereocenters. The highest BCUT2D eigenvalue weighted by atomic mass is 32.2. The van der Waals surface area contributed by atoms with Gasteiger partial charge in [-0.25, -0.2) is 17.8 Å². The Labute approximate surface area is 164 Å². The molecule has 0 saturated carbocycles. The molecule has 0 aliphatic heterocycles. The van der Waals surface area contributed by atoms with Gasteiger partial charge in [0, 0.05) is 24.7 Å². The van der Waals surface area contributed by atoms with Crippen molar-refractivity contribution in [1.82, 2.24) is 19.8 Å². The lowest BCUT2D eigenvalue weighted by Gasteiger charge is -2.06. The number of aromatic nitrogens is 2. The number of benzene rings is 2. The monoisotopic (exact) mass is 398 g/mol. The number of para-hydroxylation sites is 1. The quantitative estimate of drug-likeness (QED) is 0.607. The molecule has 1 amide bonds. The normalized spacial score (nSPS) is 11.3. The Morgan fingerprint density at radius 3 is 2.43 bits per heavy atom. The van der Waals surface area contributed by atoms with Crippen LogP contribution in [-0.2, 0) is 27.8 Å². The number of carbonyl (C=O) groups excluding carboxylic acids is 1. The number of rotatable bonds is 8. The molecule has 1 heterocycles. The predicted molar refractivity (Wildman–Crippen MR) is 106 cm³/mol. The second-order valence-corrected chi connectivity index (χ2v) is 8.14. The summed E-state index contributed by atoms with van der Waals surface area (Å²) in [7, 11) is -2.07. The van der Waals surface area contributed by atoms with Crippen LogP contribution < -0.4 is 10.0 Å². The molecule has 0 aliphatic carbocycles. The zero-order valence-corrected chi connectivity index (χ0v) is 16.3. The number of hydrogen-bond donors (Lipinski definition) is 2. The van der Waals surface area contributed by atoms with Gasteiger partial charge in [-0.05, 0) is 43.3 Å². The molecule has 0 radical (unpaired) electrons. The van der Waals surface area contributed by atoms with Crippen LogP contribution in [0.25, 0.3) is 5.69 Å². The summed E-state index contributed by atoms with van der Waals surface area (Å²) >= 11 is 0. The van der Waals surface area contributed by atoms with Crippen LogP contribution in [0.15, 0.2) is 71.9 Å². The maximum absolute atomic E-state index is 12.1. The Kier molecular flexibility index (Phi) is 6.23. The predicted octanol–water partition coefficient (Wildman–Crippen LogP) is 2.03. The molecule has 0 saturated heterocycles. The largest absolute Gasteiger partial charge is 0.352 e. The minimum absolute atomic E-state index is 0.0700. The molecule has 2 aromatic carbocycles. The molecule has 3 aromatic rings. The van der Waals surface area contributed by atoms with Crippen LogP contribution in [0.1, 0.15) is 17.5 Å². The van der Waals surface area contributed by atoms with Crippen LogP contribution in [-0.4, -0.2) is 31.2 Å². The van der Waals surface area contributed by atoms with Gasteiger partial charge in [0.05, 0.1) is 16.8 Å². The van der Waals surface area contributed by atoms with Crippen molar-refractivity contribution in [3.63, 3.8) is 0 Å². The van der Waals surface area contributed by atoms with Gasteiger partial charge in [-0.1, -0.05) is 30.3 Å². The van der Waals surface area contributed by atoms with E-state index in [4.69, 9.17) is 0 Å². The fourth-order valence-electron chi connectivity index (χ4n) is 2.67. The number of sulfonamides is 1. The SMILES string of the molecule is CNS(=O)(=O)c1ccc(CCC(=O)NCc2cnn(-c3ccccc3)c2)cc1. The first kappa shape index (κ1) is 19.8. The number of carbonyl (C=O) groups is 1. The van der Waals surface area contributed by atoms with Crippen molar-refractivity contribution in [2.45, 2.75) is 24.3 Å². The molecule has 0 bridgehead atoms. The molecular formula is C20H22N4O3S. The number of aryl methyl sites for hydroxylation is 1. The van der Waals surface area contributed by atoms with Crippen molar-refractivity contribution in [1.29, 1.82) is 0 Å². The molecule has 146 valence electrons. The van der Waals surface area contributed by atoms with Gasteiger partial charge >= 0.3 is 0 Å². The Bertz CT molecular complexity index is 1030. The van der Waals surface area contributed by atoms with E-state index in [1.807, 2.05) is 36.5 Å². The summed E-state index contributed by atoms with van der Waals surface area (Å²) < 4.78 is 27.5. The Morgan fingerprint density at radius 1 is 1.04 bits per heavy atom. The third kappa shape index (κ3) is 5.05. The van der Waals surface area contributed by atoms with Crippen molar-refractivity contribution in [3.05, 3.63) is 78.1 Å². The maximum atomic E-state index is 12.1. The van der Waals surface area contributed by atoms with Crippen LogP contribution in [0.2, 0.25) is 0 Å². The number of nitrogens with one attached hydrogen (secondary N) is 2. The number of hydrogen-bond acceptors (Lipinski definition) is 4. The van der Waals surface area contributed by atoms with Gasteiger partial charge in [-0.15, -0.1) is 0 Å². The highest BCUT2D eigenvalue weighted by Gasteiger charge is 2.11. The standard InChI is InChI=1S/C20H22N4O3S/c1-21-28(26,27)19-10-7-16(8-11-19)9-12-20(25)22-13-17-14-23-24(15-17)18-5-3-2-4-6-18/h2-8,10-11,14-15,21H,9,12-13H2,1H3,(H,22,25). The van der Waals surface area contributed by atoms with Crippen molar-refractivity contribution in [2.75, 3.05) is 7.05 Å². The van der Waals surface area contributed by atoms with Crippen LogP contribution in [0.3, 0.4) is 0 Å². The Hall–Kier alpha value is -2.97. The molecule has 1 aromatic heterocycles. The van der Waals surface area contributed by atoms with Crippen LogP contribution in [0, 0.1) is 0 Å². The molecule has 0 unspecified atom stereocenters. The van der Waals surface area contributed by atoms with E-state index in [0.717, 1.165) is 16.8 Å². The van der Waals surface area contributed by atoms with E-state index in [0.29, 0.717) is 19.4 Å². The lowest BCUT2D eigenvalue weighted by Crippen LogP contribution is -2.22. The van der Waals surface area contributed by atoms with Gasteiger partial charge < -0.3 is 5.32 Å². The first-order chi connectivity index (χ1) is 13.5. The van der Waals surface area contributed by atoms with Crippen molar-refractivity contribution < 1.29 is 13.2 Å². The average molecular weight is 398 g/mol. The highest BCUT2D eigenvalue weighted by Crippen LogP contribution is 2.12. The third-order valence-corrected chi connectivity index (χ3v) is 5.72. The summed E-state index contributed by atoms with van der Waals surface area (Å²) in [5.41, 5.74) is 2.78. The van der Waals surface area contributed by atoms with E-state index in [-0.39, 0.29) is 10.8 Å². The minimum Gasteiger partial charge on any atom is -0.352 e.